The summed E-state index contributed by atoms with van der Waals surface area (Å²) in [7, 11) is -0.938. The van der Waals surface area contributed by atoms with E-state index in [1.165, 1.54) is 18.5 Å². The Morgan fingerprint density at radius 2 is 2.10 bits per heavy atom. The van der Waals surface area contributed by atoms with Crippen molar-refractivity contribution >= 4 is 16.2 Å². The number of rotatable bonds is 6. The Labute approximate surface area is 120 Å². The van der Waals surface area contributed by atoms with Crippen LogP contribution in [-0.2, 0) is 19.7 Å². The van der Waals surface area contributed by atoms with Crippen LogP contribution in [0.1, 0.15) is 32.1 Å². The fraction of sp³-hybridized carbons (Fsp3) is 0.917. The summed E-state index contributed by atoms with van der Waals surface area (Å²) in [5.74, 6) is -0.443. The summed E-state index contributed by atoms with van der Waals surface area (Å²) in [6.45, 7) is 0.309. The first-order valence-corrected chi connectivity index (χ1v) is 8.24. The van der Waals surface area contributed by atoms with E-state index in [-0.39, 0.29) is 25.6 Å². The molecule has 0 spiro atoms. The van der Waals surface area contributed by atoms with Crippen molar-refractivity contribution in [3.8, 4) is 0 Å². The number of hydrogen-bond acceptors (Lipinski definition) is 5. The molecule has 0 aliphatic carbocycles. The third-order valence-electron chi connectivity index (χ3n) is 3.58. The Kier molecular flexibility index (Phi) is 6.87. The molecule has 1 heterocycles. The Balaban J connectivity index is 2.75. The van der Waals surface area contributed by atoms with Crippen LogP contribution in [0.3, 0.4) is 0 Å². The van der Waals surface area contributed by atoms with E-state index >= 15 is 0 Å². The number of nitrogens with zero attached hydrogens (tertiary/aromatic N) is 2. The van der Waals surface area contributed by atoms with E-state index in [0.29, 0.717) is 13.0 Å². The van der Waals surface area contributed by atoms with Crippen LogP contribution in [0.4, 0.5) is 0 Å². The lowest BCUT2D eigenvalue weighted by molar-refractivity contribution is -0.140. The molecule has 20 heavy (non-hydrogen) atoms. The molecule has 118 valence electrons. The molecule has 0 aromatic carbocycles. The van der Waals surface area contributed by atoms with Gasteiger partial charge >= 0.3 is 5.97 Å². The van der Waals surface area contributed by atoms with E-state index in [0.717, 1.165) is 23.6 Å². The Morgan fingerprint density at radius 1 is 1.40 bits per heavy atom. The zero-order valence-electron chi connectivity index (χ0n) is 12.1. The van der Waals surface area contributed by atoms with Crippen LogP contribution in [0.25, 0.3) is 0 Å². The molecular weight excluding hydrogens is 284 g/mol. The second-order valence-corrected chi connectivity index (χ2v) is 6.94. The molecule has 0 radical (unpaired) electrons. The zero-order valence-corrected chi connectivity index (χ0v) is 12.9. The van der Waals surface area contributed by atoms with Crippen molar-refractivity contribution in [2.45, 2.75) is 38.1 Å². The number of aliphatic hydroxyl groups excluding tert-OH is 1. The highest BCUT2D eigenvalue weighted by atomic mass is 32.2. The summed E-state index contributed by atoms with van der Waals surface area (Å²) in [6, 6.07) is -0.372. The van der Waals surface area contributed by atoms with Gasteiger partial charge in [0.25, 0.3) is 10.2 Å². The summed E-state index contributed by atoms with van der Waals surface area (Å²) in [5, 5.41) is 9.39. The van der Waals surface area contributed by atoms with Gasteiger partial charge in [-0.2, -0.15) is 17.0 Å². The molecule has 1 rings (SSSR count). The number of methoxy groups -OCH3 is 1. The minimum atomic E-state index is -3.65. The first-order chi connectivity index (χ1) is 9.43. The molecule has 7 nitrogen and oxygen atoms in total. The SMILES string of the molecule is COC(=O)CCN(C)S(=O)(=O)N1CCCCCC1CO. The van der Waals surface area contributed by atoms with Gasteiger partial charge in [-0.05, 0) is 12.8 Å². The molecule has 1 saturated heterocycles. The van der Waals surface area contributed by atoms with Crippen molar-refractivity contribution < 1.29 is 23.1 Å². The lowest BCUT2D eigenvalue weighted by atomic mass is 10.1. The van der Waals surface area contributed by atoms with Gasteiger partial charge in [-0.25, -0.2) is 0 Å². The first-order valence-electron chi connectivity index (χ1n) is 6.84. The molecule has 0 aromatic rings. The van der Waals surface area contributed by atoms with Crippen molar-refractivity contribution in [3.63, 3.8) is 0 Å². The van der Waals surface area contributed by atoms with E-state index in [1.54, 1.807) is 0 Å². The van der Waals surface area contributed by atoms with Crippen LogP contribution >= 0.6 is 0 Å². The summed E-state index contributed by atoms with van der Waals surface area (Å²) in [4.78, 5) is 11.1. The second-order valence-electron chi connectivity index (χ2n) is 4.95. The predicted molar refractivity (Wildman–Crippen MR) is 74.2 cm³/mol. The number of ether oxygens (including phenoxy) is 1. The molecule has 0 aromatic heterocycles. The maximum absolute atomic E-state index is 12.5. The summed E-state index contributed by atoms with van der Waals surface area (Å²) in [6.07, 6.45) is 3.36. The maximum atomic E-state index is 12.5. The molecule has 8 heteroatoms. The van der Waals surface area contributed by atoms with Gasteiger partial charge in [0.1, 0.15) is 0 Å². The first kappa shape index (κ1) is 17.4. The fourth-order valence-corrected chi connectivity index (χ4v) is 3.87. The highest BCUT2D eigenvalue weighted by Gasteiger charge is 2.33. The molecule has 1 N–H and O–H groups in total. The molecule has 1 aliphatic rings. The third kappa shape index (κ3) is 4.41. The van der Waals surface area contributed by atoms with Gasteiger partial charge in [0, 0.05) is 26.2 Å². The van der Waals surface area contributed by atoms with Crippen molar-refractivity contribution in [1.29, 1.82) is 0 Å². The molecule has 0 amide bonds. The topological polar surface area (TPSA) is 87.2 Å². The minimum Gasteiger partial charge on any atom is -0.469 e. The standard InChI is InChI=1S/C12H24N2O5S/c1-13(9-7-12(16)19-2)20(17,18)14-8-5-3-4-6-11(14)10-15/h11,15H,3-10H2,1-2H3. The predicted octanol–water partition coefficient (Wildman–Crippen LogP) is -0.0370. The normalized spacial score (nSPS) is 21.7. The number of carbonyl (C=O) groups is 1. The van der Waals surface area contributed by atoms with E-state index in [9.17, 15) is 18.3 Å². The van der Waals surface area contributed by atoms with E-state index in [2.05, 4.69) is 4.74 Å². The average molecular weight is 308 g/mol. The quantitative estimate of drug-likeness (QED) is 0.696. The maximum Gasteiger partial charge on any atom is 0.306 e. The molecule has 1 atom stereocenters. The van der Waals surface area contributed by atoms with Crippen LogP contribution in [0.5, 0.6) is 0 Å². The minimum absolute atomic E-state index is 0.0177. The molecule has 1 fully saturated rings. The monoisotopic (exact) mass is 308 g/mol. The lowest BCUT2D eigenvalue weighted by Crippen LogP contribution is -2.48. The number of carbonyl (C=O) groups excluding carboxylic acids is 1. The van der Waals surface area contributed by atoms with Crippen molar-refractivity contribution in [3.05, 3.63) is 0 Å². The van der Waals surface area contributed by atoms with Gasteiger partial charge in [-0.1, -0.05) is 12.8 Å². The van der Waals surface area contributed by atoms with Crippen molar-refractivity contribution in [2.75, 3.05) is 33.9 Å². The highest BCUT2D eigenvalue weighted by molar-refractivity contribution is 7.86. The van der Waals surface area contributed by atoms with Gasteiger partial charge in [0.15, 0.2) is 0 Å². The van der Waals surface area contributed by atoms with E-state index in [1.807, 2.05) is 0 Å². The smallest absolute Gasteiger partial charge is 0.306 e. The Bertz CT molecular complexity index is 412. The molecule has 1 unspecified atom stereocenters. The Hall–Kier alpha value is -0.700. The largest absolute Gasteiger partial charge is 0.469 e. The van der Waals surface area contributed by atoms with Crippen LogP contribution < -0.4 is 0 Å². The average Bonchev–Trinajstić information content (AvgIpc) is 2.69. The van der Waals surface area contributed by atoms with Gasteiger partial charge in [0.05, 0.1) is 20.1 Å². The number of esters is 1. The van der Waals surface area contributed by atoms with Gasteiger partial charge in [0.2, 0.25) is 0 Å². The number of aliphatic hydroxyl groups is 1. The van der Waals surface area contributed by atoms with Gasteiger partial charge < -0.3 is 9.84 Å². The van der Waals surface area contributed by atoms with Gasteiger partial charge in [-0.15, -0.1) is 0 Å². The van der Waals surface area contributed by atoms with Gasteiger partial charge in [-0.3, -0.25) is 4.79 Å². The second kappa shape index (κ2) is 7.92. The summed E-state index contributed by atoms with van der Waals surface area (Å²) < 4.78 is 32.0. The third-order valence-corrected chi connectivity index (χ3v) is 5.63. The van der Waals surface area contributed by atoms with E-state index < -0.39 is 16.2 Å². The van der Waals surface area contributed by atoms with Crippen LogP contribution in [0, 0.1) is 0 Å². The van der Waals surface area contributed by atoms with E-state index in [4.69, 9.17) is 0 Å². The lowest BCUT2D eigenvalue weighted by Gasteiger charge is -2.31. The zero-order chi connectivity index (χ0) is 15.2. The van der Waals surface area contributed by atoms with Crippen LogP contribution in [0.2, 0.25) is 0 Å². The van der Waals surface area contributed by atoms with Crippen molar-refractivity contribution in [2.24, 2.45) is 0 Å². The fourth-order valence-electron chi connectivity index (χ4n) is 2.28. The van der Waals surface area contributed by atoms with Crippen LogP contribution in [-0.4, -0.2) is 68.0 Å². The van der Waals surface area contributed by atoms with Crippen LogP contribution in [0.15, 0.2) is 0 Å². The Morgan fingerprint density at radius 3 is 2.70 bits per heavy atom. The molecule has 1 aliphatic heterocycles. The highest BCUT2D eigenvalue weighted by Crippen LogP contribution is 2.21. The summed E-state index contributed by atoms with van der Waals surface area (Å²) >= 11 is 0. The molecular formula is C12H24N2O5S. The van der Waals surface area contributed by atoms with Crippen molar-refractivity contribution in [1.82, 2.24) is 8.61 Å². The molecule has 0 saturated carbocycles. The number of hydrogen-bond donors (Lipinski definition) is 1. The summed E-state index contributed by atoms with van der Waals surface area (Å²) in [5.41, 5.74) is 0. The molecule has 0 bridgehead atoms.